The highest BCUT2D eigenvalue weighted by Crippen LogP contribution is 2.33. The van der Waals surface area contributed by atoms with Crippen LogP contribution in [0.15, 0.2) is 6.20 Å². The topological polar surface area (TPSA) is 39.1 Å². The van der Waals surface area contributed by atoms with Crippen LogP contribution >= 0.6 is 11.6 Å². The van der Waals surface area contributed by atoms with Crippen molar-refractivity contribution >= 4 is 11.6 Å². The van der Waals surface area contributed by atoms with Crippen LogP contribution in [0.25, 0.3) is 0 Å². The molecule has 1 N–H and O–H groups in total. The number of aromatic nitrogens is 2. The Morgan fingerprint density at radius 3 is 2.63 bits per heavy atom. The maximum absolute atomic E-state index is 6.34. The van der Waals surface area contributed by atoms with Gasteiger partial charge in [0.15, 0.2) is 0 Å². The van der Waals surface area contributed by atoms with Gasteiger partial charge in [0.05, 0.1) is 28.6 Å². The predicted molar refractivity (Wildman–Crippen MR) is 79.7 cm³/mol. The van der Waals surface area contributed by atoms with E-state index in [-0.39, 0.29) is 11.6 Å². The van der Waals surface area contributed by atoms with Gasteiger partial charge in [0.1, 0.15) is 0 Å². The maximum atomic E-state index is 6.34. The lowest BCUT2D eigenvalue weighted by Gasteiger charge is -2.35. The van der Waals surface area contributed by atoms with E-state index < -0.39 is 0 Å². The Morgan fingerprint density at radius 2 is 2.11 bits per heavy atom. The van der Waals surface area contributed by atoms with E-state index in [1.165, 1.54) is 0 Å². The summed E-state index contributed by atoms with van der Waals surface area (Å²) in [4.78, 5) is 0. The molecule has 0 radical (unpaired) electrons. The largest absolute Gasteiger partial charge is 0.374 e. The molecule has 1 aromatic rings. The molecule has 0 saturated carbocycles. The third-order valence-electron chi connectivity index (χ3n) is 3.16. The van der Waals surface area contributed by atoms with Crippen molar-refractivity contribution in [1.29, 1.82) is 0 Å². The van der Waals surface area contributed by atoms with E-state index in [1.54, 1.807) is 6.20 Å². The fourth-order valence-corrected chi connectivity index (χ4v) is 2.63. The van der Waals surface area contributed by atoms with E-state index in [1.807, 2.05) is 11.6 Å². The van der Waals surface area contributed by atoms with Crippen molar-refractivity contribution in [3.63, 3.8) is 0 Å². The summed E-state index contributed by atoms with van der Waals surface area (Å²) in [5.74, 6) is 0. The lowest BCUT2D eigenvalue weighted by Crippen LogP contribution is -2.43. The van der Waals surface area contributed by atoms with Gasteiger partial charge in [-0.15, -0.1) is 0 Å². The quantitative estimate of drug-likeness (QED) is 0.796. The molecule has 0 saturated heterocycles. The molecule has 4 nitrogen and oxygen atoms in total. The Labute approximate surface area is 121 Å². The van der Waals surface area contributed by atoms with Crippen LogP contribution in [-0.4, -0.2) is 28.5 Å². The molecule has 0 spiro atoms. The molecule has 1 unspecified atom stereocenters. The molecular weight excluding hydrogens is 262 g/mol. The molecule has 19 heavy (non-hydrogen) atoms. The molecule has 0 aliphatic heterocycles. The summed E-state index contributed by atoms with van der Waals surface area (Å²) in [6.45, 7) is 12.8. The highest BCUT2D eigenvalue weighted by atomic mass is 35.5. The average Bonchev–Trinajstić information content (AvgIpc) is 2.68. The summed E-state index contributed by atoms with van der Waals surface area (Å²) in [5.41, 5.74) is 0.684. The second-order valence-electron chi connectivity index (χ2n) is 5.13. The van der Waals surface area contributed by atoms with Gasteiger partial charge in [-0.25, -0.2) is 0 Å². The third kappa shape index (κ3) is 3.94. The fraction of sp³-hybridized carbons (Fsp3) is 0.786. The van der Waals surface area contributed by atoms with Gasteiger partial charge >= 0.3 is 0 Å². The lowest BCUT2D eigenvalue weighted by molar-refractivity contribution is -0.0408. The van der Waals surface area contributed by atoms with Crippen LogP contribution in [0, 0.1) is 0 Å². The van der Waals surface area contributed by atoms with Gasteiger partial charge in [0, 0.05) is 13.2 Å². The van der Waals surface area contributed by atoms with Crippen molar-refractivity contribution in [3.05, 3.63) is 16.9 Å². The van der Waals surface area contributed by atoms with Crippen molar-refractivity contribution in [2.24, 2.45) is 0 Å². The summed E-state index contributed by atoms with van der Waals surface area (Å²) in [6, 6.07) is 0.0269. The maximum Gasteiger partial charge on any atom is 0.0836 e. The number of aryl methyl sites for hydroxylation is 1. The highest BCUT2D eigenvalue weighted by Gasteiger charge is 2.34. The summed E-state index contributed by atoms with van der Waals surface area (Å²) in [5, 5.41) is 8.55. The molecule has 0 aliphatic rings. The molecule has 0 amide bonds. The fourth-order valence-electron chi connectivity index (χ4n) is 2.38. The molecule has 1 aromatic heterocycles. The zero-order valence-corrected chi connectivity index (χ0v) is 13.4. The minimum absolute atomic E-state index is 0.0269. The van der Waals surface area contributed by atoms with Gasteiger partial charge in [-0.1, -0.05) is 25.4 Å². The zero-order chi connectivity index (χ0) is 14.5. The molecular formula is C14H26ClN3O. The Bertz CT molecular complexity index is 390. The molecule has 0 bridgehead atoms. The van der Waals surface area contributed by atoms with Crippen molar-refractivity contribution in [3.8, 4) is 0 Å². The van der Waals surface area contributed by atoms with Gasteiger partial charge in [-0.3, -0.25) is 4.68 Å². The van der Waals surface area contributed by atoms with Crippen molar-refractivity contribution in [2.45, 2.75) is 59.2 Å². The smallest absolute Gasteiger partial charge is 0.0836 e. The van der Waals surface area contributed by atoms with Gasteiger partial charge in [0.2, 0.25) is 0 Å². The van der Waals surface area contributed by atoms with Crippen molar-refractivity contribution < 1.29 is 4.74 Å². The summed E-state index contributed by atoms with van der Waals surface area (Å²) in [7, 11) is 0. The number of ether oxygens (including phenoxy) is 1. The first-order chi connectivity index (χ1) is 8.97. The SMILES string of the molecule is CCCn1ncc(Cl)c1C(NCC)C(C)(C)OCC. The Hall–Kier alpha value is -0.580. The van der Waals surface area contributed by atoms with Gasteiger partial charge in [-0.2, -0.15) is 5.10 Å². The van der Waals surface area contributed by atoms with Gasteiger partial charge < -0.3 is 10.1 Å². The molecule has 1 heterocycles. The average molecular weight is 288 g/mol. The normalized spacial score (nSPS) is 13.8. The monoisotopic (exact) mass is 287 g/mol. The Kier molecular flexibility index (Phi) is 6.30. The number of nitrogens with one attached hydrogen (secondary N) is 1. The predicted octanol–water partition coefficient (Wildman–Crippen LogP) is 3.41. The summed E-state index contributed by atoms with van der Waals surface area (Å²) in [6.07, 6.45) is 2.75. The third-order valence-corrected chi connectivity index (χ3v) is 3.45. The first-order valence-electron chi connectivity index (χ1n) is 7.06. The first kappa shape index (κ1) is 16.5. The van der Waals surface area contributed by atoms with Crippen LogP contribution in [0.3, 0.4) is 0 Å². The number of likely N-dealkylation sites (N-methyl/N-ethyl adjacent to an activating group) is 1. The van der Waals surface area contributed by atoms with E-state index in [0.29, 0.717) is 11.6 Å². The first-order valence-corrected chi connectivity index (χ1v) is 7.44. The lowest BCUT2D eigenvalue weighted by atomic mass is 9.95. The molecule has 0 aromatic carbocycles. The summed E-state index contributed by atoms with van der Waals surface area (Å²) < 4.78 is 7.88. The van der Waals surface area contributed by atoms with E-state index in [9.17, 15) is 0 Å². The second-order valence-corrected chi connectivity index (χ2v) is 5.54. The van der Waals surface area contributed by atoms with Crippen LogP contribution < -0.4 is 5.32 Å². The minimum Gasteiger partial charge on any atom is -0.374 e. The number of halogens is 1. The Morgan fingerprint density at radius 1 is 1.42 bits per heavy atom. The number of hydrogen-bond acceptors (Lipinski definition) is 3. The van der Waals surface area contributed by atoms with Crippen molar-refractivity contribution in [2.75, 3.05) is 13.2 Å². The number of nitrogens with zero attached hydrogens (tertiary/aromatic N) is 2. The zero-order valence-electron chi connectivity index (χ0n) is 12.7. The van der Waals surface area contributed by atoms with E-state index >= 15 is 0 Å². The van der Waals surface area contributed by atoms with Crippen LogP contribution in [0.2, 0.25) is 5.02 Å². The van der Waals surface area contributed by atoms with E-state index in [2.05, 4.69) is 38.1 Å². The minimum atomic E-state index is -0.333. The van der Waals surface area contributed by atoms with Crippen molar-refractivity contribution in [1.82, 2.24) is 15.1 Å². The molecule has 1 atom stereocenters. The molecule has 0 fully saturated rings. The van der Waals surface area contributed by atoms with E-state index in [0.717, 1.165) is 25.2 Å². The summed E-state index contributed by atoms with van der Waals surface area (Å²) >= 11 is 6.34. The Balaban J connectivity index is 3.14. The molecule has 110 valence electrons. The molecule has 5 heteroatoms. The van der Waals surface area contributed by atoms with Gasteiger partial charge in [0.25, 0.3) is 0 Å². The number of hydrogen-bond donors (Lipinski definition) is 1. The molecule has 1 rings (SSSR count). The molecule has 0 aliphatic carbocycles. The van der Waals surface area contributed by atoms with E-state index in [4.69, 9.17) is 16.3 Å². The van der Waals surface area contributed by atoms with Crippen LogP contribution in [0.4, 0.5) is 0 Å². The highest BCUT2D eigenvalue weighted by molar-refractivity contribution is 6.31. The standard InChI is InChI=1S/C14H26ClN3O/c1-6-9-18-12(11(15)10-17-18)13(16-7-2)14(4,5)19-8-3/h10,13,16H,6-9H2,1-5H3. The number of rotatable bonds is 8. The van der Waals surface area contributed by atoms with Crippen LogP contribution in [0.1, 0.15) is 52.8 Å². The van der Waals surface area contributed by atoms with Gasteiger partial charge in [-0.05, 0) is 33.7 Å². The van der Waals surface area contributed by atoms with Crippen LogP contribution in [0.5, 0.6) is 0 Å². The van der Waals surface area contributed by atoms with Crippen LogP contribution in [-0.2, 0) is 11.3 Å². The second kappa shape index (κ2) is 7.27.